The second-order valence-corrected chi connectivity index (χ2v) is 6.14. The smallest absolute Gasteiger partial charge is 0.239 e. The molecule has 0 aliphatic carbocycles. The number of nitrogens with zero attached hydrogens (tertiary/aromatic N) is 5. The largest absolute Gasteiger partial charge is 0.338 e. The summed E-state index contributed by atoms with van der Waals surface area (Å²) < 4.78 is 0.884. The van der Waals surface area contributed by atoms with Crippen LogP contribution < -0.4 is 10.2 Å². The summed E-state index contributed by atoms with van der Waals surface area (Å²) in [4.78, 5) is 29.0. The molecule has 3 rings (SSSR count). The monoisotopic (exact) mass is 376 g/mol. The third-order valence-electron chi connectivity index (χ3n) is 3.57. The van der Waals surface area contributed by atoms with Crippen molar-refractivity contribution in [3.8, 4) is 0 Å². The first-order chi connectivity index (χ1) is 11.2. The summed E-state index contributed by atoms with van der Waals surface area (Å²) in [6, 6.07) is 5.42. The van der Waals surface area contributed by atoms with Crippen LogP contribution >= 0.6 is 15.9 Å². The van der Waals surface area contributed by atoms with Gasteiger partial charge in [0.2, 0.25) is 11.9 Å². The third-order valence-corrected chi connectivity index (χ3v) is 4.04. The number of halogens is 1. The van der Waals surface area contributed by atoms with E-state index in [0.29, 0.717) is 12.4 Å². The number of rotatable bonds is 4. The number of piperazine rings is 1. The first-order valence-corrected chi connectivity index (χ1v) is 8.16. The van der Waals surface area contributed by atoms with E-state index in [9.17, 15) is 4.79 Å². The lowest BCUT2D eigenvalue weighted by Crippen LogP contribution is -2.49. The van der Waals surface area contributed by atoms with Crippen molar-refractivity contribution in [2.45, 2.75) is 0 Å². The Kier molecular flexibility index (Phi) is 5.14. The van der Waals surface area contributed by atoms with Crippen molar-refractivity contribution in [1.82, 2.24) is 19.9 Å². The highest BCUT2D eigenvalue weighted by atomic mass is 79.9. The molecule has 7 nitrogen and oxygen atoms in total. The number of carbonyl (C=O) groups excluding carboxylic acids is 1. The summed E-state index contributed by atoms with van der Waals surface area (Å²) in [6.45, 7) is 3.60. The molecule has 0 bridgehead atoms. The van der Waals surface area contributed by atoms with Crippen LogP contribution in [0.3, 0.4) is 0 Å². The molecular formula is C15H17BrN6O. The minimum Gasteiger partial charge on any atom is -0.338 e. The highest BCUT2D eigenvalue weighted by Crippen LogP contribution is 2.11. The van der Waals surface area contributed by atoms with Crippen LogP contribution in [0.4, 0.5) is 11.8 Å². The molecule has 0 radical (unpaired) electrons. The van der Waals surface area contributed by atoms with Crippen molar-refractivity contribution in [1.29, 1.82) is 0 Å². The lowest BCUT2D eigenvalue weighted by molar-refractivity contribution is -0.117. The number of aromatic nitrogens is 3. The van der Waals surface area contributed by atoms with Gasteiger partial charge in [0.1, 0.15) is 5.82 Å². The van der Waals surface area contributed by atoms with Gasteiger partial charge in [-0.1, -0.05) is 0 Å². The minimum atomic E-state index is -0.0516. The first-order valence-electron chi connectivity index (χ1n) is 7.36. The van der Waals surface area contributed by atoms with Crippen LogP contribution in [0.5, 0.6) is 0 Å². The van der Waals surface area contributed by atoms with Crippen LogP contribution in [0.15, 0.2) is 41.3 Å². The van der Waals surface area contributed by atoms with Gasteiger partial charge < -0.3 is 10.2 Å². The molecule has 0 spiro atoms. The third kappa shape index (κ3) is 4.46. The summed E-state index contributed by atoms with van der Waals surface area (Å²) in [6.07, 6.45) is 5.15. The number of amides is 1. The summed E-state index contributed by atoms with van der Waals surface area (Å²) in [7, 11) is 0. The number of nitrogens with one attached hydrogen (secondary N) is 1. The molecule has 1 amide bonds. The fourth-order valence-corrected chi connectivity index (χ4v) is 2.63. The molecule has 0 aromatic carbocycles. The number of carbonyl (C=O) groups is 1. The van der Waals surface area contributed by atoms with E-state index >= 15 is 0 Å². The second-order valence-electron chi connectivity index (χ2n) is 5.22. The Labute approximate surface area is 142 Å². The predicted molar refractivity (Wildman–Crippen MR) is 91.3 cm³/mol. The molecule has 2 aromatic rings. The zero-order chi connectivity index (χ0) is 16.1. The van der Waals surface area contributed by atoms with Crippen LogP contribution in [0.2, 0.25) is 0 Å². The number of anilines is 2. The highest BCUT2D eigenvalue weighted by molar-refractivity contribution is 9.10. The van der Waals surface area contributed by atoms with Gasteiger partial charge in [-0.2, -0.15) is 0 Å². The molecule has 1 fully saturated rings. The lowest BCUT2D eigenvalue weighted by Gasteiger charge is -2.34. The topological polar surface area (TPSA) is 74.2 Å². The zero-order valence-corrected chi connectivity index (χ0v) is 14.1. The van der Waals surface area contributed by atoms with E-state index in [1.165, 1.54) is 0 Å². The van der Waals surface area contributed by atoms with Gasteiger partial charge in [-0.25, -0.2) is 15.0 Å². The average Bonchev–Trinajstić information content (AvgIpc) is 2.58. The fraction of sp³-hybridized carbons (Fsp3) is 0.333. The Morgan fingerprint density at radius 2 is 1.87 bits per heavy atom. The molecule has 1 saturated heterocycles. The van der Waals surface area contributed by atoms with E-state index in [1.54, 1.807) is 30.7 Å². The van der Waals surface area contributed by atoms with E-state index in [2.05, 4.69) is 46.0 Å². The summed E-state index contributed by atoms with van der Waals surface area (Å²) in [5.41, 5.74) is 0. The zero-order valence-electron chi connectivity index (χ0n) is 12.5. The fourth-order valence-electron chi connectivity index (χ4n) is 2.40. The van der Waals surface area contributed by atoms with E-state index in [-0.39, 0.29) is 5.91 Å². The molecule has 0 saturated carbocycles. The van der Waals surface area contributed by atoms with Gasteiger partial charge >= 0.3 is 0 Å². The van der Waals surface area contributed by atoms with Crippen molar-refractivity contribution in [3.63, 3.8) is 0 Å². The Balaban J connectivity index is 1.47. The molecule has 1 aliphatic heterocycles. The summed E-state index contributed by atoms with van der Waals surface area (Å²) in [5.74, 6) is 1.26. The van der Waals surface area contributed by atoms with Crippen LogP contribution in [-0.2, 0) is 4.79 Å². The second kappa shape index (κ2) is 7.47. The van der Waals surface area contributed by atoms with Gasteiger partial charge in [-0.3, -0.25) is 9.69 Å². The van der Waals surface area contributed by atoms with Gasteiger partial charge in [0.15, 0.2) is 0 Å². The molecule has 1 aliphatic rings. The maximum atomic E-state index is 12.1. The molecule has 1 N–H and O–H groups in total. The van der Waals surface area contributed by atoms with Crippen molar-refractivity contribution in [3.05, 3.63) is 41.3 Å². The predicted octanol–water partition coefficient (Wildman–Crippen LogP) is 1.39. The Morgan fingerprint density at radius 3 is 2.52 bits per heavy atom. The molecule has 0 unspecified atom stereocenters. The van der Waals surface area contributed by atoms with Crippen molar-refractivity contribution >= 4 is 33.6 Å². The first kappa shape index (κ1) is 15.8. The lowest BCUT2D eigenvalue weighted by atomic mass is 10.3. The number of hydrogen-bond donors (Lipinski definition) is 1. The molecule has 3 heterocycles. The van der Waals surface area contributed by atoms with Gasteiger partial charge in [0.05, 0.1) is 6.54 Å². The molecule has 23 heavy (non-hydrogen) atoms. The molecule has 8 heteroatoms. The van der Waals surface area contributed by atoms with Crippen molar-refractivity contribution in [2.24, 2.45) is 0 Å². The van der Waals surface area contributed by atoms with Crippen molar-refractivity contribution in [2.75, 3.05) is 42.9 Å². The highest BCUT2D eigenvalue weighted by Gasteiger charge is 2.20. The minimum absolute atomic E-state index is 0.0516. The van der Waals surface area contributed by atoms with Gasteiger partial charge in [-0.05, 0) is 34.1 Å². The Hall–Kier alpha value is -2.06. The average molecular weight is 377 g/mol. The summed E-state index contributed by atoms with van der Waals surface area (Å²) in [5, 5.41) is 2.81. The van der Waals surface area contributed by atoms with Crippen molar-refractivity contribution < 1.29 is 4.79 Å². The molecular weight excluding hydrogens is 360 g/mol. The SMILES string of the molecule is O=C(CN1CCN(c2ncccn2)CC1)Nc1ccc(Br)cn1. The van der Waals surface area contributed by atoms with Gasteiger partial charge in [-0.15, -0.1) is 0 Å². The van der Waals surface area contributed by atoms with Crippen LogP contribution in [0.1, 0.15) is 0 Å². The maximum absolute atomic E-state index is 12.1. The quantitative estimate of drug-likeness (QED) is 0.868. The summed E-state index contributed by atoms with van der Waals surface area (Å²) >= 11 is 3.32. The normalized spacial score (nSPS) is 15.4. The van der Waals surface area contributed by atoms with E-state index in [4.69, 9.17) is 0 Å². The van der Waals surface area contributed by atoms with E-state index in [0.717, 1.165) is 36.6 Å². The maximum Gasteiger partial charge on any atom is 0.239 e. The Bertz CT molecular complexity index is 643. The standard InChI is InChI=1S/C15H17BrN6O/c16-12-2-3-13(19-10-12)20-14(23)11-21-6-8-22(9-7-21)15-17-4-1-5-18-15/h1-5,10H,6-9,11H2,(H,19,20,23). The number of pyridine rings is 1. The van der Waals surface area contributed by atoms with Crippen LogP contribution in [0, 0.1) is 0 Å². The van der Waals surface area contributed by atoms with Crippen LogP contribution in [-0.4, -0.2) is 58.5 Å². The van der Waals surface area contributed by atoms with Gasteiger partial charge in [0, 0.05) is 49.2 Å². The molecule has 2 aromatic heterocycles. The van der Waals surface area contributed by atoms with Crippen LogP contribution in [0.25, 0.3) is 0 Å². The molecule has 0 atom stereocenters. The van der Waals surface area contributed by atoms with Gasteiger partial charge in [0.25, 0.3) is 0 Å². The number of hydrogen-bond acceptors (Lipinski definition) is 6. The molecule has 120 valence electrons. The van der Waals surface area contributed by atoms with E-state index in [1.807, 2.05) is 6.07 Å². The van der Waals surface area contributed by atoms with E-state index < -0.39 is 0 Å². The Morgan fingerprint density at radius 1 is 1.13 bits per heavy atom.